The summed E-state index contributed by atoms with van der Waals surface area (Å²) in [6, 6.07) is 7.95. The second kappa shape index (κ2) is 10.8. The van der Waals surface area contributed by atoms with Crippen molar-refractivity contribution in [1.82, 2.24) is 20.1 Å². The van der Waals surface area contributed by atoms with E-state index in [-0.39, 0.29) is 17.5 Å². The van der Waals surface area contributed by atoms with E-state index in [9.17, 15) is 9.59 Å². The fourth-order valence-electron chi connectivity index (χ4n) is 4.79. The number of rotatable bonds is 7. The molecule has 2 aliphatic heterocycles. The van der Waals surface area contributed by atoms with Crippen molar-refractivity contribution < 1.29 is 14.0 Å². The molecular weight excluding hydrogens is 404 g/mol. The highest BCUT2D eigenvalue weighted by Gasteiger charge is 2.26. The summed E-state index contributed by atoms with van der Waals surface area (Å²) >= 11 is 0. The molecule has 0 saturated carbocycles. The molecule has 1 N–H and O–H groups in total. The molecule has 4 rings (SSSR count). The van der Waals surface area contributed by atoms with Gasteiger partial charge in [-0.15, -0.1) is 0 Å². The predicted octanol–water partition coefficient (Wildman–Crippen LogP) is 3.96. The van der Waals surface area contributed by atoms with E-state index in [0.717, 1.165) is 51.9 Å². The largest absolute Gasteiger partial charge is 0.443 e. The monoisotopic (exact) mass is 438 g/mol. The fourth-order valence-corrected chi connectivity index (χ4v) is 4.79. The van der Waals surface area contributed by atoms with E-state index in [4.69, 9.17) is 4.42 Å². The summed E-state index contributed by atoms with van der Waals surface area (Å²) in [6.45, 7) is 6.54. The lowest BCUT2D eigenvalue weighted by Crippen LogP contribution is -2.39. The smallest absolute Gasteiger partial charge is 0.273 e. The molecule has 2 fully saturated rings. The van der Waals surface area contributed by atoms with Crippen molar-refractivity contribution in [2.75, 3.05) is 32.7 Å². The van der Waals surface area contributed by atoms with E-state index in [1.807, 2.05) is 23.1 Å². The second-order valence-corrected chi connectivity index (χ2v) is 8.92. The van der Waals surface area contributed by atoms with Crippen LogP contribution in [-0.2, 0) is 0 Å². The topological polar surface area (TPSA) is 78.7 Å². The van der Waals surface area contributed by atoms with Crippen LogP contribution < -0.4 is 5.32 Å². The first-order valence-corrected chi connectivity index (χ1v) is 12.0. The zero-order chi connectivity index (χ0) is 22.3. The van der Waals surface area contributed by atoms with Gasteiger partial charge in [0.2, 0.25) is 0 Å². The molecule has 0 bridgehead atoms. The highest BCUT2D eigenvalue weighted by molar-refractivity contribution is 6.04. The van der Waals surface area contributed by atoms with Gasteiger partial charge in [-0.1, -0.05) is 24.6 Å². The maximum absolute atomic E-state index is 13.1. The van der Waals surface area contributed by atoms with Crippen LogP contribution in [0.15, 0.2) is 35.1 Å². The van der Waals surface area contributed by atoms with Crippen molar-refractivity contribution in [3.8, 4) is 11.3 Å². The number of benzene rings is 1. The summed E-state index contributed by atoms with van der Waals surface area (Å²) < 4.78 is 5.61. The van der Waals surface area contributed by atoms with Gasteiger partial charge in [-0.2, -0.15) is 0 Å². The van der Waals surface area contributed by atoms with Crippen LogP contribution in [0.2, 0.25) is 0 Å². The Morgan fingerprint density at radius 2 is 1.88 bits per heavy atom. The van der Waals surface area contributed by atoms with Crippen LogP contribution in [0.3, 0.4) is 0 Å². The van der Waals surface area contributed by atoms with Crippen LogP contribution in [0.25, 0.3) is 11.3 Å². The molecule has 2 saturated heterocycles. The van der Waals surface area contributed by atoms with Gasteiger partial charge in [-0.05, 0) is 58.1 Å². The van der Waals surface area contributed by atoms with Crippen molar-refractivity contribution in [3.05, 3.63) is 41.9 Å². The van der Waals surface area contributed by atoms with Gasteiger partial charge in [0.1, 0.15) is 0 Å². The average Bonchev–Trinajstić information content (AvgIpc) is 3.33. The first-order valence-electron chi connectivity index (χ1n) is 12.0. The van der Waals surface area contributed by atoms with Crippen LogP contribution in [0.5, 0.6) is 0 Å². The Morgan fingerprint density at radius 1 is 1.09 bits per heavy atom. The number of nitrogens with zero attached hydrogens (tertiary/aromatic N) is 3. The lowest BCUT2D eigenvalue weighted by molar-refractivity contribution is 0.0724. The molecule has 0 aliphatic carbocycles. The predicted molar refractivity (Wildman–Crippen MR) is 124 cm³/mol. The molecule has 32 heavy (non-hydrogen) atoms. The Morgan fingerprint density at radius 3 is 2.69 bits per heavy atom. The highest BCUT2D eigenvalue weighted by atomic mass is 16.3. The maximum Gasteiger partial charge on any atom is 0.273 e. The zero-order valence-electron chi connectivity index (χ0n) is 19.0. The molecule has 1 unspecified atom stereocenters. The minimum Gasteiger partial charge on any atom is -0.443 e. The summed E-state index contributed by atoms with van der Waals surface area (Å²) in [4.78, 5) is 34.6. The highest BCUT2D eigenvalue weighted by Crippen LogP contribution is 2.28. The lowest BCUT2D eigenvalue weighted by Gasteiger charge is -2.33. The quantitative estimate of drug-likeness (QED) is 0.662. The summed E-state index contributed by atoms with van der Waals surface area (Å²) in [5.74, 6) is 0.0764. The van der Waals surface area contributed by atoms with E-state index >= 15 is 0 Å². The maximum atomic E-state index is 13.1. The Bertz CT molecular complexity index is 919. The molecule has 1 atom stereocenters. The van der Waals surface area contributed by atoms with Crippen molar-refractivity contribution >= 4 is 11.8 Å². The van der Waals surface area contributed by atoms with Gasteiger partial charge in [-0.3, -0.25) is 9.59 Å². The van der Waals surface area contributed by atoms with E-state index in [2.05, 4.69) is 22.1 Å². The van der Waals surface area contributed by atoms with E-state index in [0.29, 0.717) is 29.5 Å². The lowest BCUT2D eigenvalue weighted by atomic mass is 10.0. The first-order chi connectivity index (χ1) is 15.6. The van der Waals surface area contributed by atoms with Crippen LogP contribution in [-0.4, -0.2) is 65.4 Å². The van der Waals surface area contributed by atoms with Crippen molar-refractivity contribution in [3.63, 3.8) is 0 Å². The van der Waals surface area contributed by atoms with Crippen molar-refractivity contribution in [1.29, 1.82) is 0 Å². The number of nitrogens with one attached hydrogen (secondary N) is 1. The third-order valence-corrected chi connectivity index (χ3v) is 6.68. The number of piperidine rings is 2. The SMILES string of the molecule is CC1CCCCN1CCCNC(=O)c1ncoc1-c1ccccc1C(=O)N1CCCCC1. The number of amides is 2. The van der Waals surface area contributed by atoms with Gasteiger partial charge in [-0.25, -0.2) is 4.98 Å². The molecule has 2 aromatic rings. The van der Waals surface area contributed by atoms with Crippen LogP contribution in [0.1, 0.15) is 72.7 Å². The molecule has 172 valence electrons. The van der Waals surface area contributed by atoms with Crippen LogP contribution in [0.4, 0.5) is 0 Å². The number of hydrogen-bond acceptors (Lipinski definition) is 5. The summed E-state index contributed by atoms with van der Waals surface area (Å²) in [5, 5.41) is 2.98. The number of aromatic nitrogens is 1. The minimum atomic E-state index is -0.263. The van der Waals surface area contributed by atoms with Gasteiger partial charge in [0.05, 0.1) is 5.56 Å². The van der Waals surface area contributed by atoms with E-state index in [1.54, 1.807) is 6.07 Å². The number of oxazole rings is 1. The molecule has 7 heteroatoms. The van der Waals surface area contributed by atoms with Gasteiger partial charge in [0.15, 0.2) is 17.8 Å². The van der Waals surface area contributed by atoms with Crippen molar-refractivity contribution in [2.45, 2.75) is 57.9 Å². The molecular formula is C25H34N4O3. The molecule has 2 aliphatic rings. The Balaban J connectivity index is 1.41. The van der Waals surface area contributed by atoms with Crippen LogP contribution >= 0.6 is 0 Å². The number of carbonyl (C=O) groups is 2. The second-order valence-electron chi connectivity index (χ2n) is 8.92. The average molecular weight is 439 g/mol. The molecule has 3 heterocycles. The molecule has 0 radical (unpaired) electrons. The van der Waals surface area contributed by atoms with Crippen LogP contribution in [0, 0.1) is 0 Å². The Labute approximate surface area is 190 Å². The van der Waals surface area contributed by atoms with Gasteiger partial charge in [0, 0.05) is 37.8 Å². The molecule has 7 nitrogen and oxygen atoms in total. The Hall–Kier alpha value is -2.67. The number of likely N-dealkylation sites (tertiary alicyclic amines) is 2. The number of carbonyl (C=O) groups excluding carboxylic acids is 2. The van der Waals surface area contributed by atoms with Gasteiger partial charge in [0.25, 0.3) is 11.8 Å². The third kappa shape index (κ3) is 5.21. The number of hydrogen-bond donors (Lipinski definition) is 1. The van der Waals surface area contributed by atoms with Crippen molar-refractivity contribution in [2.24, 2.45) is 0 Å². The summed E-state index contributed by atoms with van der Waals surface area (Å²) in [6.07, 6.45) is 9.22. The van der Waals surface area contributed by atoms with E-state index in [1.165, 1.54) is 25.7 Å². The zero-order valence-corrected chi connectivity index (χ0v) is 19.0. The normalized spacial score (nSPS) is 19.7. The Kier molecular flexibility index (Phi) is 7.58. The fraction of sp³-hybridized carbons (Fsp3) is 0.560. The molecule has 2 amide bonds. The van der Waals surface area contributed by atoms with Gasteiger partial charge >= 0.3 is 0 Å². The molecule has 1 aromatic carbocycles. The van der Waals surface area contributed by atoms with Gasteiger partial charge < -0.3 is 19.5 Å². The third-order valence-electron chi connectivity index (χ3n) is 6.68. The molecule has 1 aromatic heterocycles. The van der Waals surface area contributed by atoms with E-state index < -0.39 is 0 Å². The standard InChI is InChI=1S/C25H34N4O3/c1-19-10-5-8-14-28(19)17-9-13-26-24(30)22-23(32-18-27-22)20-11-3-4-12-21(20)25(31)29-15-6-2-7-16-29/h3-4,11-12,18-19H,2,5-10,13-17H2,1H3,(H,26,30). The minimum absolute atomic E-state index is 0.0151. The summed E-state index contributed by atoms with van der Waals surface area (Å²) in [7, 11) is 0. The first kappa shape index (κ1) is 22.5. The molecule has 0 spiro atoms. The summed E-state index contributed by atoms with van der Waals surface area (Å²) in [5.41, 5.74) is 1.40.